The minimum Gasteiger partial charge on any atom is -0.320 e. The molecule has 0 aliphatic heterocycles. The average molecular weight is 273 g/mol. The zero-order valence-corrected chi connectivity index (χ0v) is 11.1. The van der Waals surface area contributed by atoms with Gasteiger partial charge in [0.2, 0.25) is 4.80 Å². The van der Waals surface area contributed by atoms with Gasteiger partial charge in [-0.1, -0.05) is 24.3 Å². The molecule has 1 aromatic carbocycles. The monoisotopic (exact) mass is 273 g/mol. The van der Waals surface area contributed by atoms with Crippen LogP contribution >= 0.6 is 22.7 Å². The molecule has 3 rings (SSSR count). The summed E-state index contributed by atoms with van der Waals surface area (Å²) in [5, 5.41) is 8.02. The fourth-order valence-corrected chi connectivity index (χ4v) is 3.45. The molecule has 0 amide bonds. The van der Waals surface area contributed by atoms with Gasteiger partial charge in [-0.05, 0) is 23.6 Å². The molecule has 0 atom stereocenters. The molecule has 2 heterocycles. The Morgan fingerprint density at radius 3 is 2.50 bits per heavy atom. The van der Waals surface area contributed by atoms with Crippen molar-refractivity contribution in [2.45, 2.75) is 0 Å². The molecular weight excluding hydrogens is 262 g/mol. The SMILES string of the molecule is NN=c1scc(-c2cccs2)n1-c1ccccc1. The van der Waals surface area contributed by atoms with Crippen molar-refractivity contribution < 1.29 is 0 Å². The van der Waals surface area contributed by atoms with Gasteiger partial charge in [-0.3, -0.25) is 4.57 Å². The minimum absolute atomic E-state index is 0.796. The van der Waals surface area contributed by atoms with Gasteiger partial charge < -0.3 is 5.84 Å². The lowest BCUT2D eigenvalue weighted by molar-refractivity contribution is 0.973. The van der Waals surface area contributed by atoms with Gasteiger partial charge in [0.05, 0.1) is 10.6 Å². The van der Waals surface area contributed by atoms with E-state index in [1.54, 1.807) is 22.7 Å². The van der Waals surface area contributed by atoms with Crippen molar-refractivity contribution in [2.24, 2.45) is 10.9 Å². The second kappa shape index (κ2) is 4.80. The van der Waals surface area contributed by atoms with Crippen LogP contribution in [-0.4, -0.2) is 4.57 Å². The molecule has 2 N–H and O–H groups in total. The van der Waals surface area contributed by atoms with Gasteiger partial charge in [-0.2, -0.15) is 5.10 Å². The van der Waals surface area contributed by atoms with E-state index in [9.17, 15) is 0 Å². The molecular formula is C13H11N3S2. The number of para-hydroxylation sites is 1. The molecule has 0 saturated carbocycles. The molecule has 0 saturated heterocycles. The Kier molecular flexibility index (Phi) is 3.00. The van der Waals surface area contributed by atoms with Gasteiger partial charge in [0.1, 0.15) is 0 Å². The molecule has 5 heteroatoms. The molecule has 3 aromatic rings. The van der Waals surface area contributed by atoms with Crippen LogP contribution in [0.5, 0.6) is 0 Å². The molecule has 90 valence electrons. The first kappa shape index (κ1) is 11.3. The molecule has 0 aliphatic carbocycles. The van der Waals surface area contributed by atoms with E-state index >= 15 is 0 Å². The van der Waals surface area contributed by atoms with Crippen LogP contribution in [0.4, 0.5) is 0 Å². The van der Waals surface area contributed by atoms with Crippen LogP contribution in [-0.2, 0) is 0 Å². The molecule has 0 bridgehead atoms. The van der Waals surface area contributed by atoms with Crippen molar-refractivity contribution in [3.05, 3.63) is 58.0 Å². The Balaban J connectivity index is 2.28. The Labute approximate surface area is 112 Å². The zero-order chi connectivity index (χ0) is 12.4. The zero-order valence-electron chi connectivity index (χ0n) is 9.48. The van der Waals surface area contributed by atoms with Gasteiger partial charge >= 0.3 is 0 Å². The highest BCUT2D eigenvalue weighted by molar-refractivity contribution is 7.14. The number of nitrogens with two attached hydrogens (primary N) is 1. The second-order valence-corrected chi connectivity index (χ2v) is 5.47. The summed E-state index contributed by atoms with van der Waals surface area (Å²) in [6, 6.07) is 14.3. The lowest BCUT2D eigenvalue weighted by Gasteiger charge is -2.06. The predicted molar refractivity (Wildman–Crippen MR) is 76.7 cm³/mol. The van der Waals surface area contributed by atoms with Gasteiger partial charge in [0.25, 0.3) is 0 Å². The first-order chi connectivity index (χ1) is 8.90. The third kappa shape index (κ3) is 1.87. The second-order valence-electron chi connectivity index (χ2n) is 3.68. The number of benzene rings is 1. The quantitative estimate of drug-likeness (QED) is 0.566. The average Bonchev–Trinajstić information content (AvgIpc) is 3.08. The summed E-state index contributed by atoms with van der Waals surface area (Å²) in [7, 11) is 0. The van der Waals surface area contributed by atoms with Gasteiger partial charge in [0, 0.05) is 11.1 Å². The van der Waals surface area contributed by atoms with Crippen molar-refractivity contribution in [2.75, 3.05) is 0 Å². The molecule has 0 aliphatic rings. The van der Waals surface area contributed by atoms with E-state index < -0.39 is 0 Å². The number of thiophene rings is 1. The van der Waals surface area contributed by atoms with Crippen LogP contribution in [0.15, 0.2) is 58.3 Å². The Morgan fingerprint density at radius 2 is 1.83 bits per heavy atom. The Morgan fingerprint density at radius 1 is 1.00 bits per heavy atom. The van der Waals surface area contributed by atoms with Crippen molar-refractivity contribution in [1.29, 1.82) is 0 Å². The van der Waals surface area contributed by atoms with E-state index in [2.05, 4.69) is 38.6 Å². The first-order valence-corrected chi connectivity index (χ1v) is 7.20. The molecule has 0 unspecified atom stereocenters. The minimum atomic E-state index is 0.796. The predicted octanol–water partition coefficient (Wildman–Crippen LogP) is 3.04. The van der Waals surface area contributed by atoms with Gasteiger partial charge in [0.15, 0.2) is 0 Å². The molecule has 0 fully saturated rings. The Hall–Kier alpha value is -1.85. The summed E-state index contributed by atoms with van der Waals surface area (Å²) in [6.07, 6.45) is 0. The fraction of sp³-hybridized carbons (Fsp3) is 0. The highest BCUT2D eigenvalue weighted by Crippen LogP contribution is 2.27. The standard InChI is InChI=1S/C13H11N3S2/c14-15-13-16(10-5-2-1-3-6-10)11(9-18-13)12-7-4-8-17-12/h1-9H,14H2. The summed E-state index contributed by atoms with van der Waals surface area (Å²) < 4.78 is 2.08. The molecule has 18 heavy (non-hydrogen) atoms. The van der Waals surface area contributed by atoms with E-state index in [0.29, 0.717) is 0 Å². The number of hydrogen-bond acceptors (Lipinski definition) is 4. The van der Waals surface area contributed by atoms with Crippen LogP contribution in [0, 0.1) is 0 Å². The number of aromatic nitrogens is 1. The molecule has 3 nitrogen and oxygen atoms in total. The Bertz CT molecular complexity index is 693. The number of hydrogen-bond donors (Lipinski definition) is 1. The highest BCUT2D eigenvalue weighted by atomic mass is 32.1. The summed E-state index contributed by atoms with van der Waals surface area (Å²) in [5.41, 5.74) is 2.21. The van der Waals surface area contributed by atoms with Crippen molar-refractivity contribution >= 4 is 22.7 Å². The maximum atomic E-state index is 5.47. The van der Waals surface area contributed by atoms with Crippen LogP contribution < -0.4 is 10.6 Å². The summed E-state index contributed by atoms with van der Waals surface area (Å²) in [6.45, 7) is 0. The van der Waals surface area contributed by atoms with Crippen molar-refractivity contribution in [1.82, 2.24) is 4.57 Å². The van der Waals surface area contributed by atoms with Crippen LogP contribution in [0.25, 0.3) is 16.3 Å². The summed E-state index contributed by atoms with van der Waals surface area (Å²) >= 11 is 3.26. The smallest absolute Gasteiger partial charge is 0.212 e. The lowest BCUT2D eigenvalue weighted by Crippen LogP contribution is -2.15. The van der Waals surface area contributed by atoms with E-state index in [-0.39, 0.29) is 0 Å². The lowest BCUT2D eigenvalue weighted by atomic mass is 10.3. The van der Waals surface area contributed by atoms with Gasteiger partial charge in [-0.15, -0.1) is 22.7 Å². The topological polar surface area (TPSA) is 43.3 Å². The first-order valence-electron chi connectivity index (χ1n) is 5.44. The van der Waals surface area contributed by atoms with Gasteiger partial charge in [-0.25, -0.2) is 0 Å². The van der Waals surface area contributed by atoms with Crippen molar-refractivity contribution in [3.63, 3.8) is 0 Å². The number of nitrogens with zero attached hydrogens (tertiary/aromatic N) is 2. The van der Waals surface area contributed by atoms with E-state index in [1.165, 1.54) is 4.88 Å². The third-order valence-electron chi connectivity index (χ3n) is 2.61. The summed E-state index contributed by atoms with van der Waals surface area (Å²) in [4.78, 5) is 2.01. The summed E-state index contributed by atoms with van der Waals surface area (Å²) in [5.74, 6) is 5.47. The van der Waals surface area contributed by atoms with Crippen LogP contribution in [0.1, 0.15) is 0 Å². The van der Waals surface area contributed by atoms with E-state index in [4.69, 9.17) is 5.84 Å². The molecule has 2 aromatic heterocycles. The van der Waals surface area contributed by atoms with Crippen LogP contribution in [0.2, 0.25) is 0 Å². The maximum Gasteiger partial charge on any atom is 0.212 e. The van der Waals surface area contributed by atoms with Crippen LogP contribution in [0.3, 0.4) is 0 Å². The third-order valence-corrected chi connectivity index (χ3v) is 4.34. The number of thiazole rings is 1. The van der Waals surface area contributed by atoms with E-state index in [1.807, 2.05) is 24.3 Å². The maximum absolute atomic E-state index is 5.47. The largest absolute Gasteiger partial charge is 0.320 e. The van der Waals surface area contributed by atoms with E-state index in [0.717, 1.165) is 16.2 Å². The molecule has 0 radical (unpaired) electrons. The fourth-order valence-electron chi connectivity index (χ4n) is 1.82. The molecule has 0 spiro atoms. The normalized spacial score (nSPS) is 11.9. The highest BCUT2D eigenvalue weighted by Gasteiger charge is 2.10. The number of rotatable bonds is 2. The van der Waals surface area contributed by atoms with Crippen molar-refractivity contribution in [3.8, 4) is 16.3 Å².